The molecule has 1 saturated heterocycles. The summed E-state index contributed by atoms with van der Waals surface area (Å²) in [6.07, 6.45) is 5.47. The molecule has 0 saturated carbocycles. The van der Waals surface area contributed by atoms with Gasteiger partial charge in [0.05, 0.1) is 11.8 Å². The maximum absolute atomic E-state index is 8.71. The standard InChI is InChI=1S/C11H13N3O/c12-6-9-5-11(8-14-7-9)15-10-1-3-13-4-2-10/h5,7-8,10,13H,1-4H2. The second-order valence-corrected chi connectivity index (χ2v) is 3.59. The molecule has 2 heterocycles. The first-order chi connectivity index (χ1) is 7.38. The first-order valence-corrected chi connectivity index (χ1v) is 5.11. The number of pyridine rings is 1. The Hall–Kier alpha value is -1.60. The van der Waals surface area contributed by atoms with Crippen molar-refractivity contribution in [3.8, 4) is 11.8 Å². The molecule has 0 atom stereocenters. The van der Waals surface area contributed by atoms with E-state index in [4.69, 9.17) is 10.00 Å². The van der Waals surface area contributed by atoms with Gasteiger partial charge in [0.2, 0.25) is 0 Å². The van der Waals surface area contributed by atoms with Gasteiger partial charge in [-0.15, -0.1) is 0 Å². The van der Waals surface area contributed by atoms with E-state index in [1.165, 1.54) is 6.20 Å². The normalized spacial score (nSPS) is 17.0. The predicted octanol–water partition coefficient (Wildman–Crippen LogP) is 1.08. The number of ether oxygens (including phenoxy) is 1. The van der Waals surface area contributed by atoms with Gasteiger partial charge in [-0.2, -0.15) is 5.26 Å². The van der Waals surface area contributed by atoms with Crippen molar-refractivity contribution in [3.63, 3.8) is 0 Å². The molecular formula is C11H13N3O. The first kappa shape index (κ1) is 9.94. The predicted molar refractivity (Wildman–Crippen MR) is 55.5 cm³/mol. The molecule has 0 unspecified atom stereocenters. The van der Waals surface area contributed by atoms with Crippen LogP contribution in [-0.2, 0) is 0 Å². The van der Waals surface area contributed by atoms with E-state index >= 15 is 0 Å². The van der Waals surface area contributed by atoms with Gasteiger partial charge in [0, 0.05) is 12.3 Å². The molecule has 2 rings (SSSR count). The van der Waals surface area contributed by atoms with Gasteiger partial charge in [0.25, 0.3) is 0 Å². The number of piperidine rings is 1. The minimum Gasteiger partial charge on any atom is -0.489 e. The van der Waals surface area contributed by atoms with Crippen LogP contribution in [0, 0.1) is 11.3 Å². The molecule has 4 nitrogen and oxygen atoms in total. The zero-order valence-corrected chi connectivity index (χ0v) is 8.44. The fraction of sp³-hybridized carbons (Fsp3) is 0.455. The van der Waals surface area contributed by atoms with E-state index in [0.717, 1.165) is 25.9 Å². The number of aromatic nitrogens is 1. The van der Waals surface area contributed by atoms with Gasteiger partial charge >= 0.3 is 0 Å². The summed E-state index contributed by atoms with van der Waals surface area (Å²) >= 11 is 0. The highest BCUT2D eigenvalue weighted by Crippen LogP contribution is 2.16. The van der Waals surface area contributed by atoms with E-state index in [9.17, 15) is 0 Å². The Kier molecular flexibility index (Phi) is 3.15. The molecule has 1 N–H and O–H groups in total. The summed E-state index contributed by atoms with van der Waals surface area (Å²) in [5, 5.41) is 12.0. The molecule has 0 bridgehead atoms. The summed E-state index contributed by atoms with van der Waals surface area (Å²) in [5.74, 6) is 0.695. The van der Waals surface area contributed by atoms with E-state index in [2.05, 4.69) is 10.3 Å². The number of hydrogen-bond donors (Lipinski definition) is 1. The largest absolute Gasteiger partial charge is 0.489 e. The molecule has 78 valence electrons. The van der Waals surface area contributed by atoms with Gasteiger partial charge in [-0.25, -0.2) is 0 Å². The van der Waals surface area contributed by atoms with Gasteiger partial charge in [-0.05, 0) is 25.9 Å². The molecule has 15 heavy (non-hydrogen) atoms. The molecule has 0 radical (unpaired) electrons. The van der Waals surface area contributed by atoms with Crippen molar-refractivity contribution < 1.29 is 4.74 Å². The Morgan fingerprint density at radius 1 is 1.40 bits per heavy atom. The van der Waals surface area contributed by atoms with Crippen molar-refractivity contribution in [2.24, 2.45) is 0 Å². The monoisotopic (exact) mass is 203 g/mol. The lowest BCUT2D eigenvalue weighted by Crippen LogP contribution is -2.34. The minimum absolute atomic E-state index is 0.252. The Bertz CT molecular complexity index is 366. The molecular weight excluding hydrogens is 190 g/mol. The third-order valence-electron chi connectivity index (χ3n) is 2.43. The smallest absolute Gasteiger partial charge is 0.139 e. The molecule has 0 spiro atoms. The zero-order chi connectivity index (χ0) is 10.5. The summed E-state index contributed by atoms with van der Waals surface area (Å²) < 4.78 is 5.74. The number of nitrogens with one attached hydrogen (secondary N) is 1. The van der Waals surface area contributed by atoms with Crippen molar-refractivity contribution in [1.29, 1.82) is 5.26 Å². The number of nitriles is 1. The molecule has 0 aliphatic carbocycles. The van der Waals surface area contributed by atoms with E-state index in [1.54, 1.807) is 12.3 Å². The third kappa shape index (κ3) is 2.67. The average molecular weight is 203 g/mol. The number of rotatable bonds is 2. The second-order valence-electron chi connectivity index (χ2n) is 3.59. The van der Waals surface area contributed by atoms with Crippen LogP contribution in [-0.4, -0.2) is 24.2 Å². The fourth-order valence-corrected chi connectivity index (χ4v) is 1.65. The van der Waals surface area contributed by atoms with E-state index in [1.807, 2.05) is 6.07 Å². The highest BCUT2D eigenvalue weighted by atomic mass is 16.5. The molecule has 0 amide bonds. The van der Waals surface area contributed by atoms with Gasteiger partial charge in [-0.3, -0.25) is 4.98 Å². The first-order valence-electron chi connectivity index (χ1n) is 5.11. The summed E-state index contributed by atoms with van der Waals surface area (Å²) in [7, 11) is 0. The lowest BCUT2D eigenvalue weighted by atomic mass is 10.1. The van der Waals surface area contributed by atoms with Gasteiger partial charge < -0.3 is 10.1 Å². The summed E-state index contributed by atoms with van der Waals surface area (Å²) in [6, 6.07) is 3.78. The summed E-state index contributed by atoms with van der Waals surface area (Å²) in [4.78, 5) is 3.96. The van der Waals surface area contributed by atoms with Gasteiger partial charge in [-0.1, -0.05) is 0 Å². The van der Waals surface area contributed by atoms with E-state index < -0.39 is 0 Å². The number of hydrogen-bond acceptors (Lipinski definition) is 4. The van der Waals surface area contributed by atoms with Gasteiger partial charge in [0.15, 0.2) is 0 Å². The molecule has 1 aliphatic rings. The molecule has 1 fully saturated rings. The van der Waals surface area contributed by atoms with E-state index in [-0.39, 0.29) is 6.10 Å². The van der Waals surface area contributed by atoms with Crippen molar-refractivity contribution in [3.05, 3.63) is 24.0 Å². The topological polar surface area (TPSA) is 57.9 Å². The van der Waals surface area contributed by atoms with Crippen LogP contribution in [0.25, 0.3) is 0 Å². The maximum Gasteiger partial charge on any atom is 0.139 e. The van der Waals surface area contributed by atoms with Crippen LogP contribution < -0.4 is 10.1 Å². The SMILES string of the molecule is N#Cc1cncc(OC2CCNCC2)c1. The van der Waals surface area contributed by atoms with Crippen molar-refractivity contribution >= 4 is 0 Å². The van der Waals surface area contributed by atoms with Crippen molar-refractivity contribution in [1.82, 2.24) is 10.3 Å². The third-order valence-corrected chi connectivity index (χ3v) is 2.43. The maximum atomic E-state index is 8.71. The quantitative estimate of drug-likeness (QED) is 0.781. The molecule has 1 aromatic heterocycles. The summed E-state index contributed by atoms with van der Waals surface area (Å²) in [5.41, 5.74) is 0.543. The van der Waals surface area contributed by atoms with Gasteiger partial charge in [0.1, 0.15) is 17.9 Å². The van der Waals surface area contributed by atoms with Crippen LogP contribution >= 0.6 is 0 Å². The van der Waals surface area contributed by atoms with Crippen LogP contribution in [0.15, 0.2) is 18.5 Å². The lowest BCUT2D eigenvalue weighted by Gasteiger charge is -2.23. The Labute approximate surface area is 88.9 Å². The van der Waals surface area contributed by atoms with Crippen LogP contribution in [0.3, 0.4) is 0 Å². The zero-order valence-electron chi connectivity index (χ0n) is 8.44. The highest BCUT2D eigenvalue weighted by Gasteiger charge is 2.14. The van der Waals surface area contributed by atoms with E-state index in [0.29, 0.717) is 11.3 Å². The average Bonchev–Trinajstić information content (AvgIpc) is 2.31. The van der Waals surface area contributed by atoms with Crippen molar-refractivity contribution in [2.45, 2.75) is 18.9 Å². The molecule has 0 aromatic carbocycles. The van der Waals surface area contributed by atoms with Crippen LogP contribution in [0.4, 0.5) is 0 Å². The molecule has 1 aromatic rings. The Morgan fingerprint density at radius 3 is 2.93 bits per heavy atom. The highest BCUT2D eigenvalue weighted by molar-refractivity contribution is 5.32. The molecule has 4 heteroatoms. The molecule has 1 aliphatic heterocycles. The Morgan fingerprint density at radius 2 is 2.20 bits per heavy atom. The van der Waals surface area contributed by atoms with Crippen LogP contribution in [0.5, 0.6) is 5.75 Å². The fourth-order valence-electron chi connectivity index (χ4n) is 1.65. The van der Waals surface area contributed by atoms with Crippen LogP contribution in [0.2, 0.25) is 0 Å². The van der Waals surface area contributed by atoms with Crippen LogP contribution in [0.1, 0.15) is 18.4 Å². The minimum atomic E-state index is 0.252. The summed E-state index contributed by atoms with van der Waals surface area (Å²) in [6.45, 7) is 1.99. The number of nitrogens with zero attached hydrogens (tertiary/aromatic N) is 2. The second kappa shape index (κ2) is 4.76. The van der Waals surface area contributed by atoms with Crippen molar-refractivity contribution in [2.75, 3.05) is 13.1 Å². The lowest BCUT2D eigenvalue weighted by molar-refractivity contribution is 0.162. The Balaban J connectivity index is 2.00.